The second-order valence-corrected chi connectivity index (χ2v) is 7.04. The highest BCUT2D eigenvalue weighted by Crippen LogP contribution is 2.17. The van der Waals surface area contributed by atoms with E-state index in [0.29, 0.717) is 5.56 Å². The topological polar surface area (TPSA) is 61.4 Å². The van der Waals surface area contributed by atoms with Crippen LogP contribution in [0.5, 0.6) is 0 Å². The lowest BCUT2D eigenvalue weighted by Gasteiger charge is -2.25. The average Bonchev–Trinajstić information content (AvgIpc) is 3.20. The van der Waals surface area contributed by atoms with Crippen LogP contribution < -0.4 is 10.6 Å². The van der Waals surface area contributed by atoms with Gasteiger partial charge < -0.3 is 15.5 Å². The van der Waals surface area contributed by atoms with Crippen molar-refractivity contribution in [2.24, 2.45) is 0 Å². The van der Waals surface area contributed by atoms with Crippen LogP contribution >= 0.6 is 0 Å². The number of aryl methyl sites for hydroxylation is 1. The predicted molar refractivity (Wildman–Crippen MR) is 107 cm³/mol. The first kappa shape index (κ1) is 19.1. The summed E-state index contributed by atoms with van der Waals surface area (Å²) in [6.45, 7) is 4.79. The lowest BCUT2D eigenvalue weighted by molar-refractivity contribution is -0.121. The van der Waals surface area contributed by atoms with Gasteiger partial charge in [0, 0.05) is 12.1 Å². The van der Waals surface area contributed by atoms with Crippen molar-refractivity contribution in [3.8, 4) is 0 Å². The minimum absolute atomic E-state index is 0.0312. The molecule has 2 amide bonds. The quantitative estimate of drug-likeness (QED) is 0.793. The zero-order chi connectivity index (χ0) is 19.1. The van der Waals surface area contributed by atoms with E-state index in [0.717, 1.165) is 30.8 Å². The van der Waals surface area contributed by atoms with Crippen LogP contribution in [0.1, 0.15) is 40.4 Å². The Bertz CT molecular complexity index is 770. The number of hydrogen-bond acceptors (Lipinski definition) is 3. The Kier molecular flexibility index (Phi) is 6.60. The normalized spacial score (nSPS) is 15.3. The van der Waals surface area contributed by atoms with E-state index in [1.54, 1.807) is 6.07 Å². The molecular weight excluding hydrogens is 338 g/mol. The molecule has 1 saturated heterocycles. The Morgan fingerprint density at radius 3 is 2.37 bits per heavy atom. The van der Waals surface area contributed by atoms with Gasteiger partial charge in [-0.3, -0.25) is 9.59 Å². The van der Waals surface area contributed by atoms with Gasteiger partial charge >= 0.3 is 0 Å². The molecule has 1 aliphatic heterocycles. The lowest BCUT2D eigenvalue weighted by Crippen LogP contribution is -2.42. The molecule has 5 heteroatoms. The fourth-order valence-corrected chi connectivity index (χ4v) is 3.47. The maximum Gasteiger partial charge on any atom is 0.251 e. The highest BCUT2D eigenvalue weighted by molar-refractivity contribution is 5.97. The van der Waals surface area contributed by atoms with Crippen LogP contribution in [0.4, 0.5) is 0 Å². The molecular formula is C22H27N3O2. The van der Waals surface area contributed by atoms with Crippen LogP contribution in [0.15, 0.2) is 54.6 Å². The maximum absolute atomic E-state index is 12.5. The van der Waals surface area contributed by atoms with Gasteiger partial charge in [-0.25, -0.2) is 0 Å². The predicted octanol–water partition coefficient (Wildman–Crippen LogP) is 2.68. The first-order valence-electron chi connectivity index (χ1n) is 9.54. The second kappa shape index (κ2) is 9.33. The molecule has 2 aromatic rings. The molecule has 1 heterocycles. The summed E-state index contributed by atoms with van der Waals surface area (Å²) in [5, 5.41) is 5.81. The van der Waals surface area contributed by atoms with Crippen LogP contribution in [0, 0.1) is 6.92 Å². The van der Waals surface area contributed by atoms with Crippen molar-refractivity contribution in [3.05, 3.63) is 71.3 Å². The number of rotatable bonds is 7. The third kappa shape index (κ3) is 5.41. The number of nitrogens with zero attached hydrogens (tertiary/aromatic N) is 1. The standard InChI is InChI=1S/C22H27N3O2/c1-17-9-5-6-12-19(17)22(27)23-15-21(26)24-20(16-25-13-7-8-14-25)18-10-3-2-4-11-18/h2-6,9-12,20H,7-8,13-16H2,1H3,(H,23,27)(H,24,26). The third-order valence-corrected chi connectivity index (χ3v) is 4.98. The van der Waals surface area contributed by atoms with Crippen molar-refractivity contribution in [1.29, 1.82) is 0 Å². The average molecular weight is 365 g/mol. The van der Waals surface area contributed by atoms with Crippen LogP contribution in [0.3, 0.4) is 0 Å². The molecule has 0 radical (unpaired) electrons. The van der Waals surface area contributed by atoms with E-state index in [9.17, 15) is 9.59 Å². The molecule has 0 spiro atoms. The van der Waals surface area contributed by atoms with Gasteiger partial charge in [0.15, 0.2) is 0 Å². The molecule has 1 atom stereocenters. The van der Waals surface area contributed by atoms with Crippen molar-refractivity contribution < 1.29 is 9.59 Å². The zero-order valence-corrected chi connectivity index (χ0v) is 15.8. The molecule has 1 unspecified atom stereocenters. The summed E-state index contributed by atoms with van der Waals surface area (Å²) in [5.41, 5.74) is 2.58. The fourth-order valence-electron chi connectivity index (χ4n) is 3.47. The number of benzene rings is 2. The minimum Gasteiger partial charge on any atom is -0.346 e. The molecule has 0 saturated carbocycles. The van der Waals surface area contributed by atoms with Gasteiger partial charge in [0.1, 0.15) is 0 Å². The number of carbonyl (C=O) groups excluding carboxylic acids is 2. The summed E-state index contributed by atoms with van der Waals surface area (Å²) in [5.74, 6) is -0.399. The minimum atomic E-state index is -0.223. The van der Waals surface area contributed by atoms with E-state index in [-0.39, 0.29) is 24.4 Å². The van der Waals surface area contributed by atoms with Gasteiger partial charge in [-0.05, 0) is 50.0 Å². The Morgan fingerprint density at radius 2 is 1.67 bits per heavy atom. The Morgan fingerprint density at radius 1 is 1.00 bits per heavy atom. The highest BCUT2D eigenvalue weighted by Gasteiger charge is 2.21. The second-order valence-electron chi connectivity index (χ2n) is 7.04. The first-order chi connectivity index (χ1) is 13.1. The van der Waals surface area contributed by atoms with E-state index < -0.39 is 0 Å². The highest BCUT2D eigenvalue weighted by atomic mass is 16.2. The van der Waals surface area contributed by atoms with Gasteiger partial charge in [0.05, 0.1) is 12.6 Å². The van der Waals surface area contributed by atoms with Crippen LogP contribution in [0.2, 0.25) is 0 Å². The summed E-state index contributed by atoms with van der Waals surface area (Å²) in [7, 11) is 0. The van der Waals surface area contributed by atoms with Gasteiger partial charge in [-0.1, -0.05) is 48.5 Å². The smallest absolute Gasteiger partial charge is 0.251 e. The van der Waals surface area contributed by atoms with E-state index in [2.05, 4.69) is 15.5 Å². The Hall–Kier alpha value is -2.66. The van der Waals surface area contributed by atoms with Gasteiger partial charge in [0.2, 0.25) is 5.91 Å². The van der Waals surface area contributed by atoms with Crippen molar-refractivity contribution in [3.63, 3.8) is 0 Å². The molecule has 3 rings (SSSR count). The van der Waals surface area contributed by atoms with Crippen molar-refractivity contribution in [2.45, 2.75) is 25.8 Å². The van der Waals surface area contributed by atoms with Crippen LogP contribution in [-0.4, -0.2) is 42.9 Å². The number of hydrogen-bond donors (Lipinski definition) is 2. The third-order valence-electron chi connectivity index (χ3n) is 4.98. The van der Waals surface area contributed by atoms with E-state index in [1.165, 1.54) is 12.8 Å². The van der Waals surface area contributed by atoms with Crippen molar-refractivity contribution in [1.82, 2.24) is 15.5 Å². The molecule has 1 fully saturated rings. The van der Waals surface area contributed by atoms with Crippen molar-refractivity contribution in [2.75, 3.05) is 26.2 Å². The summed E-state index contributed by atoms with van der Waals surface area (Å²) < 4.78 is 0. The molecule has 2 N–H and O–H groups in total. The monoisotopic (exact) mass is 365 g/mol. The molecule has 1 aliphatic rings. The van der Waals surface area contributed by atoms with Crippen LogP contribution in [0.25, 0.3) is 0 Å². The Labute approximate surface area is 160 Å². The number of nitrogens with one attached hydrogen (secondary N) is 2. The SMILES string of the molecule is Cc1ccccc1C(=O)NCC(=O)NC(CN1CCCC1)c1ccccc1. The first-order valence-corrected chi connectivity index (χ1v) is 9.54. The number of likely N-dealkylation sites (tertiary alicyclic amines) is 1. The fraction of sp³-hybridized carbons (Fsp3) is 0.364. The summed E-state index contributed by atoms with van der Waals surface area (Å²) in [4.78, 5) is 27.2. The van der Waals surface area contributed by atoms with Gasteiger partial charge in [0.25, 0.3) is 5.91 Å². The summed E-state index contributed by atoms with van der Waals surface area (Å²) >= 11 is 0. The van der Waals surface area contributed by atoms with Crippen LogP contribution in [-0.2, 0) is 4.79 Å². The molecule has 27 heavy (non-hydrogen) atoms. The number of amides is 2. The molecule has 2 aromatic carbocycles. The number of carbonyl (C=O) groups is 2. The Balaban J connectivity index is 1.58. The molecule has 5 nitrogen and oxygen atoms in total. The lowest BCUT2D eigenvalue weighted by atomic mass is 10.1. The zero-order valence-electron chi connectivity index (χ0n) is 15.8. The van der Waals surface area contributed by atoms with Crippen molar-refractivity contribution >= 4 is 11.8 Å². The molecule has 0 bridgehead atoms. The largest absolute Gasteiger partial charge is 0.346 e. The summed E-state index contributed by atoms with van der Waals surface area (Å²) in [6, 6.07) is 17.3. The molecule has 0 aliphatic carbocycles. The van der Waals surface area contributed by atoms with E-state index >= 15 is 0 Å². The molecule has 142 valence electrons. The summed E-state index contributed by atoms with van der Waals surface area (Å²) in [6.07, 6.45) is 2.42. The molecule has 0 aromatic heterocycles. The maximum atomic E-state index is 12.5. The van der Waals surface area contributed by atoms with E-state index in [4.69, 9.17) is 0 Å². The van der Waals surface area contributed by atoms with Gasteiger partial charge in [-0.2, -0.15) is 0 Å². The van der Waals surface area contributed by atoms with E-state index in [1.807, 2.05) is 55.5 Å². The van der Waals surface area contributed by atoms with Gasteiger partial charge in [-0.15, -0.1) is 0 Å².